The predicted molar refractivity (Wildman–Crippen MR) is 69.5 cm³/mol. The average Bonchev–Trinajstić information content (AvgIpc) is 2.53. The van der Waals surface area contributed by atoms with Gasteiger partial charge >= 0.3 is 0 Å². The largest absolute Gasteiger partial charge is 0.374 e. The molecule has 1 heterocycles. The molecule has 1 atom stereocenters. The third kappa shape index (κ3) is 3.03. The Morgan fingerprint density at radius 2 is 2.20 bits per heavy atom. The van der Waals surface area contributed by atoms with Crippen LogP contribution in [0.2, 0.25) is 0 Å². The van der Waals surface area contributed by atoms with Crippen molar-refractivity contribution in [1.82, 2.24) is 5.32 Å². The molecule has 1 aromatic rings. The summed E-state index contributed by atoms with van der Waals surface area (Å²) in [7, 11) is 1.97. The van der Waals surface area contributed by atoms with Gasteiger partial charge in [-0.2, -0.15) is 11.3 Å². The fourth-order valence-corrected chi connectivity index (χ4v) is 3.38. The zero-order valence-electron chi connectivity index (χ0n) is 9.63. The highest BCUT2D eigenvalue weighted by Crippen LogP contribution is 2.35. The second-order valence-corrected chi connectivity index (χ2v) is 5.53. The molecular formula is C11H18BrNOS. The van der Waals surface area contributed by atoms with E-state index < -0.39 is 0 Å². The van der Waals surface area contributed by atoms with E-state index in [1.54, 1.807) is 11.3 Å². The maximum absolute atomic E-state index is 5.78. The molecule has 0 saturated carbocycles. The number of halogens is 1. The maximum atomic E-state index is 5.78. The molecule has 1 N–H and O–H groups in total. The molecule has 1 aromatic heterocycles. The van der Waals surface area contributed by atoms with Crippen LogP contribution in [0.1, 0.15) is 32.4 Å². The average molecular weight is 292 g/mol. The summed E-state index contributed by atoms with van der Waals surface area (Å²) in [5, 5.41) is 7.58. The molecule has 0 spiro atoms. The number of rotatable bonds is 5. The fraction of sp³-hybridized carbons (Fsp3) is 0.636. The van der Waals surface area contributed by atoms with Gasteiger partial charge in [-0.1, -0.05) is 0 Å². The predicted octanol–water partition coefficient (Wildman–Crippen LogP) is 3.59. The molecule has 0 amide bonds. The number of hydrogen-bond acceptors (Lipinski definition) is 3. The van der Waals surface area contributed by atoms with Gasteiger partial charge in [0.25, 0.3) is 0 Å². The second-order valence-electron chi connectivity index (χ2n) is 3.93. The Morgan fingerprint density at radius 1 is 1.53 bits per heavy atom. The van der Waals surface area contributed by atoms with E-state index in [-0.39, 0.29) is 11.6 Å². The van der Waals surface area contributed by atoms with E-state index >= 15 is 0 Å². The number of nitrogens with one attached hydrogen (secondary N) is 1. The van der Waals surface area contributed by atoms with Gasteiger partial charge in [-0.05, 0) is 54.7 Å². The fourth-order valence-electron chi connectivity index (χ4n) is 1.83. The summed E-state index contributed by atoms with van der Waals surface area (Å²) in [6.07, 6.45) is 0. The molecule has 15 heavy (non-hydrogen) atoms. The molecule has 2 nitrogen and oxygen atoms in total. The molecule has 1 rings (SSSR count). The van der Waals surface area contributed by atoms with Crippen LogP contribution in [0.5, 0.6) is 0 Å². The van der Waals surface area contributed by atoms with E-state index in [1.807, 2.05) is 14.0 Å². The van der Waals surface area contributed by atoms with Gasteiger partial charge in [0.05, 0.1) is 11.6 Å². The van der Waals surface area contributed by atoms with Crippen molar-refractivity contribution in [3.63, 3.8) is 0 Å². The third-order valence-electron chi connectivity index (χ3n) is 2.45. The molecule has 86 valence electrons. The smallest absolute Gasteiger partial charge is 0.0820 e. The Bertz CT molecular complexity index is 311. The standard InChI is InChI=1S/C11H18BrNOS/c1-5-14-11(2,3)10(13-4)8-6-15-7-9(8)12/h6-7,10,13H,5H2,1-4H3. The minimum absolute atomic E-state index is 0.201. The van der Waals surface area contributed by atoms with Crippen LogP contribution in [0.15, 0.2) is 15.2 Å². The van der Waals surface area contributed by atoms with Crippen LogP contribution in [0.3, 0.4) is 0 Å². The van der Waals surface area contributed by atoms with Crippen LogP contribution in [0.4, 0.5) is 0 Å². The van der Waals surface area contributed by atoms with Crippen molar-refractivity contribution in [3.05, 3.63) is 20.8 Å². The first-order chi connectivity index (χ1) is 7.03. The van der Waals surface area contributed by atoms with Gasteiger partial charge in [-0.15, -0.1) is 0 Å². The van der Waals surface area contributed by atoms with E-state index in [0.29, 0.717) is 0 Å². The Balaban J connectivity index is 2.93. The van der Waals surface area contributed by atoms with E-state index in [0.717, 1.165) is 11.1 Å². The van der Waals surface area contributed by atoms with E-state index in [4.69, 9.17) is 4.74 Å². The Kier molecular flexibility index (Phi) is 4.77. The number of hydrogen-bond donors (Lipinski definition) is 1. The van der Waals surface area contributed by atoms with Gasteiger partial charge < -0.3 is 10.1 Å². The van der Waals surface area contributed by atoms with Crippen LogP contribution < -0.4 is 5.32 Å². The quantitative estimate of drug-likeness (QED) is 0.895. The Labute approximate surface area is 104 Å². The summed E-state index contributed by atoms with van der Waals surface area (Å²) in [5.74, 6) is 0. The van der Waals surface area contributed by atoms with Crippen molar-refractivity contribution in [2.75, 3.05) is 13.7 Å². The number of ether oxygens (including phenoxy) is 1. The minimum Gasteiger partial charge on any atom is -0.374 e. The van der Waals surface area contributed by atoms with E-state index in [9.17, 15) is 0 Å². The van der Waals surface area contributed by atoms with Gasteiger partial charge in [0.15, 0.2) is 0 Å². The highest BCUT2D eigenvalue weighted by molar-refractivity contribution is 9.10. The minimum atomic E-state index is -0.201. The van der Waals surface area contributed by atoms with Gasteiger partial charge in [0, 0.05) is 16.5 Å². The molecule has 0 radical (unpaired) electrons. The van der Waals surface area contributed by atoms with Crippen molar-refractivity contribution >= 4 is 27.3 Å². The Morgan fingerprint density at radius 3 is 2.60 bits per heavy atom. The van der Waals surface area contributed by atoms with Gasteiger partial charge in [-0.25, -0.2) is 0 Å². The summed E-state index contributed by atoms with van der Waals surface area (Å²) in [5.41, 5.74) is 1.06. The first-order valence-corrected chi connectivity index (χ1v) is 6.79. The second kappa shape index (κ2) is 5.43. The van der Waals surface area contributed by atoms with Crippen molar-refractivity contribution in [2.24, 2.45) is 0 Å². The first-order valence-electron chi connectivity index (χ1n) is 5.05. The summed E-state index contributed by atoms with van der Waals surface area (Å²) in [6.45, 7) is 6.98. The zero-order valence-corrected chi connectivity index (χ0v) is 12.0. The molecule has 4 heteroatoms. The molecule has 0 aliphatic rings. The monoisotopic (exact) mass is 291 g/mol. The van der Waals surface area contributed by atoms with Gasteiger partial charge in [0.1, 0.15) is 0 Å². The van der Waals surface area contributed by atoms with Gasteiger partial charge in [0.2, 0.25) is 0 Å². The normalized spacial score (nSPS) is 14.2. The lowest BCUT2D eigenvalue weighted by atomic mass is 9.93. The highest BCUT2D eigenvalue weighted by Gasteiger charge is 2.31. The lowest BCUT2D eigenvalue weighted by molar-refractivity contribution is -0.0375. The summed E-state index contributed by atoms with van der Waals surface area (Å²) >= 11 is 5.27. The summed E-state index contributed by atoms with van der Waals surface area (Å²) < 4.78 is 6.93. The lowest BCUT2D eigenvalue weighted by Crippen LogP contribution is -2.40. The molecule has 0 aliphatic heterocycles. The molecular weight excluding hydrogens is 274 g/mol. The highest BCUT2D eigenvalue weighted by atomic mass is 79.9. The lowest BCUT2D eigenvalue weighted by Gasteiger charge is -2.34. The number of likely N-dealkylation sites (N-methyl/N-ethyl adjacent to an activating group) is 1. The maximum Gasteiger partial charge on any atom is 0.0820 e. The van der Waals surface area contributed by atoms with Crippen LogP contribution in [-0.4, -0.2) is 19.3 Å². The topological polar surface area (TPSA) is 21.3 Å². The number of thiophene rings is 1. The molecule has 0 bridgehead atoms. The molecule has 0 aromatic carbocycles. The summed E-state index contributed by atoms with van der Waals surface area (Å²) in [6, 6.07) is 0.207. The van der Waals surface area contributed by atoms with Crippen LogP contribution in [-0.2, 0) is 4.74 Å². The zero-order chi connectivity index (χ0) is 11.5. The Hall–Kier alpha value is 0.100. The SMILES string of the molecule is CCOC(C)(C)C(NC)c1cscc1Br. The third-order valence-corrected chi connectivity index (χ3v) is 4.21. The van der Waals surface area contributed by atoms with Gasteiger partial charge in [-0.3, -0.25) is 0 Å². The van der Waals surface area contributed by atoms with Crippen molar-refractivity contribution in [2.45, 2.75) is 32.4 Å². The summed E-state index contributed by atoms with van der Waals surface area (Å²) in [4.78, 5) is 0. The van der Waals surface area contributed by atoms with Crippen molar-refractivity contribution in [1.29, 1.82) is 0 Å². The van der Waals surface area contributed by atoms with E-state index in [1.165, 1.54) is 5.56 Å². The molecule has 1 unspecified atom stereocenters. The van der Waals surface area contributed by atoms with Crippen LogP contribution in [0.25, 0.3) is 0 Å². The van der Waals surface area contributed by atoms with Crippen LogP contribution in [0, 0.1) is 0 Å². The molecule has 0 saturated heterocycles. The first kappa shape index (κ1) is 13.2. The van der Waals surface area contributed by atoms with Crippen molar-refractivity contribution in [3.8, 4) is 0 Å². The molecule has 0 aliphatic carbocycles. The van der Waals surface area contributed by atoms with Crippen LogP contribution >= 0.6 is 27.3 Å². The van der Waals surface area contributed by atoms with Crippen molar-refractivity contribution < 1.29 is 4.74 Å². The van der Waals surface area contributed by atoms with E-state index in [2.05, 4.69) is 45.9 Å². The molecule has 0 fully saturated rings.